The van der Waals surface area contributed by atoms with Crippen LogP contribution in [0.1, 0.15) is 17.5 Å². The van der Waals surface area contributed by atoms with Crippen LogP contribution >= 0.6 is 11.6 Å². The minimum absolute atomic E-state index is 0.129. The molecule has 0 spiro atoms. The molecule has 0 unspecified atom stereocenters. The molecule has 3 heterocycles. The standard InChI is InChI=1S/C21H20ClN5O2/c1-26-19-7-15(22)2-3-17(19)18(8-23)20(26)14-6-13(9-24-11-14)10-25-16-4-5-27(12-16)21(28)29/h2-3,6-7,9,11,16,25H,4-5,10,12H2,1H3,(H,28,29)/t16-/m0/s1. The van der Waals surface area contributed by atoms with Gasteiger partial charge >= 0.3 is 6.09 Å². The van der Waals surface area contributed by atoms with E-state index in [9.17, 15) is 10.1 Å². The van der Waals surface area contributed by atoms with Crippen LogP contribution in [0, 0.1) is 11.3 Å². The minimum atomic E-state index is -0.877. The number of aromatic nitrogens is 2. The maximum atomic E-state index is 11.1. The summed E-state index contributed by atoms with van der Waals surface area (Å²) in [4.78, 5) is 16.8. The Balaban J connectivity index is 1.60. The molecule has 29 heavy (non-hydrogen) atoms. The number of benzene rings is 1. The van der Waals surface area contributed by atoms with Gasteiger partial charge in [-0.15, -0.1) is 0 Å². The van der Waals surface area contributed by atoms with Crippen LogP contribution in [0.5, 0.6) is 0 Å². The lowest BCUT2D eigenvalue weighted by Gasteiger charge is -2.14. The summed E-state index contributed by atoms with van der Waals surface area (Å²) in [6.45, 7) is 1.62. The molecule has 1 amide bonds. The summed E-state index contributed by atoms with van der Waals surface area (Å²) in [6, 6.07) is 9.97. The molecule has 1 fully saturated rings. The Morgan fingerprint density at radius 1 is 1.41 bits per heavy atom. The number of halogens is 1. The van der Waals surface area contributed by atoms with E-state index in [1.807, 2.05) is 29.8 Å². The molecule has 1 aliphatic rings. The van der Waals surface area contributed by atoms with Gasteiger partial charge in [0.05, 0.1) is 16.8 Å². The van der Waals surface area contributed by atoms with Crippen LogP contribution in [0.25, 0.3) is 22.2 Å². The lowest BCUT2D eigenvalue weighted by atomic mass is 10.1. The highest BCUT2D eigenvalue weighted by atomic mass is 35.5. The Morgan fingerprint density at radius 3 is 2.97 bits per heavy atom. The normalized spacial score (nSPS) is 16.3. The largest absolute Gasteiger partial charge is 0.465 e. The van der Waals surface area contributed by atoms with Gasteiger partial charge in [-0.1, -0.05) is 11.6 Å². The molecule has 148 valence electrons. The van der Waals surface area contributed by atoms with E-state index < -0.39 is 6.09 Å². The Morgan fingerprint density at radius 2 is 2.24 bits per heavy atom. The third-order valence-electron chi connectivity index (χ3n) is 5.40. The molecule has 0 aliphatic carbocycles. The average Bonchev–Trinajstić information content (AvgIpc) is 3.29. The summed E-state index contributed by atoms with van der Waals surface area (Å²) in [5.74, 6) is 0. The van der Waals surface area contributed by atoms with Crippen molar-refractivity contribution >= 4 is 28.6 Å². The minimum Gasteiger partial charge on any atom is -0.465 e. The van der Waals surface area contributed by atoms with Gasteiger partial charge in [0.25, 0.3) is 0 Å². The number of nitrogens with one attached hydrogen (secondary N) is 1. The maximum absolute atomic E-state index is 11.1. The van der Waals surface area contributed by atoms with E-state index in [2.05, 4.69) is 16.4 Å². The molecule has 2 N–H and O–H groups in total. The summed E-state index contributed by atoms with van der Waals surface area (Å²) in [5.41, 5.74) is 4.13. The fourth-order valence-electron chi connectivity index (χ4n) is 3.94. The van der Waals surface area contributed by atoms with Gasteiger partial charge in [-0.25, -0.2) is 4.79 Å². The number of nitrogens with zero attached hydrogens (tertiary/aromatic N) is 4. The van der Waals surface area contributed by atoms with Crippen LogP contribution in [-0.2, 0) is 13.6 Å². The first kappa shape index (κ1) is 19.2. The van der Waals surface area contributed by atoms with Crippen LogP contribution in [0.3, 0.4) is 0 Å². The Kier molecular flexibility index (Phi) is 5.14. The van der Waals surface area contributed by atoms with E-state index >= 15 is 0 Å². The molecule has 4 rings (SSSR count). The number of likely N-dealkylation sites (tertiary alicyclic amines) is 1. The second kappa shape index (κ2) is 7.74. The summed E-state index contributed by atoms with van der Waals surface area (Å²) in [5, 5.41) is 23.7. The second-order valence-corrected chi connectivity index (χ2v) is 7.67. The molecule has 0 saturated carbocycles. The molecule has 1 atom stereocenters. The number of aryl methyl sites for hydroxylation is 1. The zero-order valence-electron chi connectivity index (χ0n) is 15.9. The number of amides is 1. The Labute approximate surface area is 173 Å². The quantitative estimate of drug-likeness (QED) is 0.686. The zero-order chi connectivity index (χ0) is 20.5. The molecular weight excluding hydrogens is 390 g/mol. The smallest absolute Gasteiger partial charge is 0.407 e. The van der Waals surface area contributed by atoms with E-state index in [0.29, 0.717) is 30.2 Å². The molecule has 1 aromatic carbocycles. The van der Waals surface area contributed by atoms with Gasteiger partial charge in [0.1, 0.15) is 6.07 Å². The molecule has 1 saturated heterocycles. The van der Waals surface area contributed by atoms with Crippen molar-refractivity contribution in [1.82, 2.24) is 19.8 Å². The lowest BCUT2D eigenvalue weighted by molar-refractivity contribution is 0.154. The monoisotopic (exact) mass is 409 g/mol. The topological polar surface area (TPSA) is 94.2 Å². The number of hydrogen-bond acceptors (Lipinski definition) is 4. The first-order valence-electron chi connectivity index (χ1n) is 9.31. The SMILES string of the molecule is Cn1c(-c2cncc(CN[C@H]3CCN(C(=O)O)C3)c2)c(C#N)c2ccc(Cl)cc21. The number of hydrogen-bond donors (Lipinski definition) is 2. The molecule has 2 aromatic heterocycles. The Hall–Kier alpha value is -3.08. The molecule has 3 aromatic rings. The van der Waals surface area contributed by atoms with E-state index in [4.69, 9.17) is 16.7 Å². The van der Waals surface area contributed by atoms with Crippen molar-refractivity contribution in [2.75, 3.05) is 13.1 Å². The average molecular weight is 410 g/mol. The number of nitriles is 1. The molecule has 0 radical (unpaired) electrons. The van der Waals surface area contributed by atoms with Crippen molar-refractivity contribution in [3.8, 4) is 17.3 Å². The summed E-state index contributed by atoms with van der Waals surface area (Å²) in [6.07, 6.45) is 3.45. The predicted octanol–water partition coefficient (Wildman–Crippen LogP) is 3.61. The van der Waals surface area contributed by atoms with Crippen LogP contribution in [0.15, 0.2) is 36.7 Å². The summed E-state index contributed by atoms with van der Waals surface area (Å²) in [7, 11) is 1.92. The van der Waals surface area contributed by atoms with Crippen molar-refractivity contribution in [3.05, 3.63) is 52.8 Å². The lowest BCUT2D eigenvalue weighted by Crippen LogP contribution is -2.34. The first-order valence-corrected chi connectivity index (χ1v) is 9.69. The maximum Gasteiger partial charge on any atom is 0.407 e. The van der Waals surface area contributed by atoms with Crippen molar-refractivity contribution in [2.45, 2.75) is 19.0 Å². The van der Waals surface area contributed by atoms with E-state index in [-0.39, 0.29) is 6.04 Å². The number of fused-ring (bicyclic) bond motifs is 1. The molecule has 8 heteroatoms. The van der Waals surface area contributed by atoms with Crippen LogP contribution in [0.4, 0.5) is 4.79 Å². The highest BCUT2D eigenvalue weighted by Crippen LogP contribution is 2.33. The van der Waals surface area contributed by atoms with Gasteiger partial charge in [0.2, 0.25) is 0 Å². The van der Waals surface area contributed by atoms with Gasteiger partial charge in [-0.2, -0.15) is 5.26 Å². The van der Waals surface area contributed by atoms with Crippen LogP contribution in [0.2, 0.25) is 5.02 Å². The van der Waals surface area contributed by atoms with Gasteiger partial charge in [0, 0.05) is 61.1 Å². The molecule has 0 bridgehead atoms. The summed E-state index contributed by atoms with van der Waals surface area (Å²) < 4.78 is 1.97. The molecular formula is C21H20ClN5O2. The molecule has 1 aliphatic heterocycles. The predicted molar refractivity (Wildman–Crippen MR) is 111 cm³/mol. The third-order valence-corrected chi connectivity index (χ3v) is 5.63. The van der Waals surface area contributed by atoms with Crippen molar-refractivity contribution in [3.63, 3.8) is 0 Å². The second-order valence-electron chi connectivity index (χ2n) is 7.23. The number of rotatable bonds is 4. The van der Waals surface area contributed by atoms with Crippen LogP contribution in [-0.4, -0.2) is 44.8 Å². The zero-order valence-corrected chi connectivity index (χ0v) is 16.6. The van der Waals surface area contributed by atoms with Crippen molar-refractivity contribution in [2.24, 2.45) is 7.05 Å². The number of pyridine rings is 1. The van der Waals surface area contributed by atoms with Gasteiger partial charge in [0.15, 0.2) is 0 Å². The highest BCUT2D eigenvalue weighted by Gasteiger charge is 2.25. The van der Waals surface area contributed by atoms with Gasteiger partial charge in [-0.3, -0.25) is 4.98 Å². The van der Waals surface area contributed by atoms with Crippen molar-refractivity contribution in [1.29, 1.82) is 5.26 Å². The molecule has 7 nitrogen and oxygen atoms in total. The number of carbonyl (C=O) groups is 1. The van der Waals surface area contributed by atoms with Gasteiger partial charge in [-0.05, 0) is 36.2 Å². The van der Waals surface area contributed by atoms with E-state index in [1.165, 1.54) is 4.90 Å². The first-order chi connectivity index (χ1) is 14.0. The highest BCUT2D eigenvalue weighted by molar-refractivity contribution is 6.31. The van der Waals surface area contributed by atoms with E-state index in [1.54, 1.807) is 18.5 Å². The fourth-order valence-corrected chi connectivity index (χ4v) is 4.10. The van der Waals surface area contributed by atoms with E-state index in [0.717, 1.165) is 34.1 Å². The third kappa shape index (κ3) is 3.65. The van der Waals surface area contributed by atoms with Crippen LogP contribution < -0.4 is 5.32 Å². The van der Waals surface area contributed by atoms with Crippen molar-refractivity contribution < 1.29 is 9.90 Å². The summed E-state index contributed by atoms with van der Waals surface area (Å²) >= 11 is 6.14. The number of carboxylic acid groups (broad SMARTS) is 1. The Bertz CT molecular complexity index is 1130. The fraction of sp³-hybridized carbons (Fsp3) is 0.286. The van der Waals surface area contributed by atoms with Gasteiger partial charge < -0.3 is 19.9 Å².